The number of hydrogen-bond acceptors (Lipinski definition) is 7. The lowest BCUT2D eigenvalue weighted by Gasteiger charge is -2.35. The number of aryl methyl sites for hydroxylation is 2. The van der Waals surface area contributed by atoms with Crippen LogP contribution in [0.2, 0.25) is 0 Å². The molecule has 1 unspecified atom stereocenters. The minimum atomic E-state index is -0.171. The van der Waals surface area contributed by atoms with E-state index < -0.39 is 0 Å². The first kappa shape index (κ1) is 28.9. The number of piperidine rings is 1. The first-order chi connectivity index (χ1) is 20.8. The van der Waals surface area contributed by atoms with Crippen LogP contribution >= 0.6 is 0 Å². The molecule has 43 heavy (non-hydrogen) atoms. The topological polar surface area (TPSA) is 86.6 Å². The van der Waals surface area contributed by atoms with Gasteiger partial charge >= 0.3 is 0 Å². The summed E-state index contributed by atoms with van der Waals surface area (Å²) >= 11 is 0. The van der Waals surface area contributed by atoms with E-state index in [1.165, 1.54) is 11.3 Å². The van der Waals surface area contributed by atoms with Gasteiger partial charge in [-0.1, -0.05) is 37.3 Å². The third-order valence-corrected chi connectivity index (χ3v) is 8.98. The molecule has 1 amide bonds. The van der Waals surface area contributed by atoms with Crippen LogP contribution in [-0.2, 0) is 4.79 Å². The highest BCUT2D eigenvalue weighted by Crippen LogP contribution is 2.31. The number of likely N-dealkylation sites (tertiary alicyclic amines) is 1. The Balaban J connectivity index is 1.40. The average molecular weight is 580 g/mol. The first-order valence-corrected chi connectivity index (χ1v) is 15.4. The van der Waals surface area contributed by atoms with Crippen molar-refractivity contribution in [3.05, 3.63) is 76.2 Å². The fraction of sp³-hybridized carbons (Fsp3) is 0.412. The number of likely N-dealkylation sites (N-methyl/N-ethyl adjacent to an activating group) is 1. The molecule has 0 radical (unpaired) electrons. The molecule has 2 aromatic heterocycles. The van der Waals surface area contributed by atoms with Crippen molar-refractivity contribution in [3.63, 3.8) is 0 Å². The van der Waals surface area contributed by atoms with Crippen LogP contribution in [0.1, 0.15) is 43.4 Å². The number of fused-ring (bicyclic) bond motifs is 1. The summed E-state index contributed by atoms with van der Waals surface area (Å²) in [5, 5.41) is 4.23. The summed E-state index contributed by atoms with van der Waals surface area (Å²) in [6, 6.07) is 16.0. The Hall–Kier alpha value is -4.24. The number of amides is 1. The van der Waals surface area contributed by atoms with E-state index in [1.807, 2.05) is 59.8 Å². The maximum atomic E-state index is 14.3. The molecule has 6 rings (SSSR count). The van der Waals surface area contributed by atoms with E-state index >= 15 is 0 Å². The normalized spacial score (nSPS) is 17.8. The molecule has 9 nitrogen and oxygen atoms in total. The molecule has 4 heterocycles. The van der Waals surface area contributed by atoms with Gasteiger partial charge in [0.2, 0.25) is 11.9 Å². The van der Waals surface area contributed by atoms with E-state index in [-0.39, 0.29) is 17.5 Å². The van der Waals surface area contributed by atoms with Crippen LogP contribution in [0.4, 0.5) is 17.3 Å². The number of carbonyl (C=O) groups excluding carboxylic acids is 1. The van der Waals surface area contributed by atoms with Crippen LogP contribution in [0.5, 0.6) is 0 Å². The third kappa shape index (κ3) is 5.73. The highest BCUT2D eigenvalue weighted by atomic mass is 16.2. The fourth-order valence-electron chi connectivity index (χ4n) is 6.56. The van der Waals surface area contributed by atoms with Gasteiger partial charge in [0.05, 0.1) is 11.6 Å². The zero-order valence-corrected chi connectivity index (χ0v) is 25.6. The quantitative estimate of drug-likeness (QED) is 0.338. The molecule has 1 N–H and O–H groups in total. The second-order valence-corrected chi connectivity index (χ2v) is 11.9. The zero-order chi connectivity index (χ0) is 30.1. The van der Waals surface area contributed by atoms with Gasteiger partial charge < -0.3 is 20.0 Å². The number of piperazine rings is 1. The van der Waals surface area contributed by atoms with Crippen molar-refractivity contribution in [1.82, 2.24) is 24.3 Å². The largest absolute Gasteiger partial charge is 0.369 e. The third-order valence-electron chi connectivity index (χ3n) is 8.98. The lowest BCUT2D eigenvalue weighted by Crippen LogP contribution is -2.44. The smallest absolute Gasteiger partial charge is 0.260 e. The van der Waals surface area contributed by atoms with Crippen LogP contribution < -0.4 is 15.8 Å². The van der Waals surface area contributed by atoms with Gasteiger partial charge in [-0.05, 0) is 68.6 Å². The maximum absolute atomic E-state index is 14.3. The molecular formula is C34H41N7O2. The van der Waals surface area contributed by atoms with Gasteiger partial charge in [0.1, 0.15) is 5.65 Å². The second-order valence-electron chi connectivity index (χ2n) is 11.9. The predicted molar refractivity (Wildman–Crippen MR) is 173 cm³/mol. The van der Waals surface area contributed by atoms with E-state index in [4.69, 9.17) is 9.97 Å². The Morgan fingerprint density at radius 2 is 1.79 bits per heavy atom. The van der Waals surface area contributed by atoms with Crippen molar-refractivity contribution in [2.24, 2.45) is 0 Å². The summed E-state index contributed by atoms with van der Waals surface area (Å²) in [6.45, 7) is 11.4. The maximum Gasteiger partial charge on any atom is 0.260 e. The minimum Gasteiger partial charge on any atom is -0.369 e. The summed E-state index contributed by atoms with van der Waals surface area (Å²) in [5.74, 6) is 0.557. The van der Waals surface area contributed by atoms with Crippen LogP contribution in [0.3, 0.4) is 0 Å². The van der Waals surface area contributed by atoms with Crippen LogP contribution in [0.25, 0.3) is 22.2 Å². The molecule has 0 spiro atoms. The van der Waals surface area contributed by atoms with E-state index in [0.29, 0.717) is 30.1 Å². The molecule has 0 bridgehead atoms. The highest BCUT2D eigenvalue weighted by Gasteiger charge is 2.28. The number of nitrogens with one attached hydrogen (secondary N) is 1. The number of benzene rings is 2. The summed E-state index contributed by atoms with van der Waals surface area (Å²) in [4.78, 5) is 43.3. The highest BCUT2D eigenvalue weighted by molar-refractivity contribution is 5.87. The summed E-state index contributed by atoms with van der Waals surface area (Å²) in [6.07, 6.45) is 3.92. The van der Waals surface area contributed by atoms with Crippen molar-refractivity contribution in [2.75, 3.05) is 56.5 Å². The van der Waals surface area contributed by atoms with Gasteiger partial charge in [-0.2, -0.15) is 4.98 Å². The van der Waals surface area contributed by atoms with E-state index in [2.05, 4.69) is 47.3 Å². The SMILES string of the molecule is CCC(=O)N1CCCC(n2c(=O)c(-c3ccccc3)c(C)c3cnc(Nc4ccc(N5CCN(C)CC5)c(C)c4)nc32)C1. The van der Waals surface area contributed by atoms with Gasteiger partial charge in [-0.15, -0.1) is 0 Å². The Morgan fingerprint density at radius 1 is 1.02 bits per heavy atom. The predicted octanol–water partition coefficient (Wildman–Crippen LogP) is 5.14. The van der Waals surface area contributed by atoms with Crippen molar-refractivity contribution < 1.29 is 4.79 Å². The van der Waals surface area contributed by atoms with Gasteiger partial charge in [0.25, 0.3) is 5.56 Å². The van der Waals surface area contributed by atoms with Crippen molar-refractivity contribution >= 4 is 34.3 Å². The number of nitrogens with zero attached hydrogens (tertiary/aromatic N) is 6. The number of hydrogen-bond donors (Lipinski definition) is 1. The molecule has 1 atom stereocenters. The molecule has 2 aliphatic rings. The second kappa shape index (κ2) is 12.2. The van der Waals surface area contributed by atoms with Crippen molar-refractivity contribution in [1.29, 1.82) is 0 Å². The molecule has 0 saturated carbocycles. The first-order valence-electron chi connectivity index (χ1n) is 15.4. The van der Waals surface area contributed by atoms with E-state index in [1.54, 1.807) is 0 Å². The minimum absolute atomic E-state index is 0.0796. The van der Waals surface area contributed by atoms with Crippen LogP contribution in [-0.4, -0.2) is 76.6 Å². The molecule has 2 fully saturated rings. The summed E-state index contributed by atoms with van der Waals surface area (Å²) < 4.78 is 1.83. The summed E-state index contributed by atoms with van der Waals surface area (Å²) in [5.41, 5.74) is 6.25. The Labute approximate surface area is 253 Å². The van der Waals surface area contributed by atoms with E-state index in [9.17, 15) is 9.59 Å². The van der Waals surface area contributed by atoms with Gasteiger partial charge in [-0.3, -0.25) is 14.2 Å². The Kier molecular flexibility index (Phi) is 8.17. The molecule has 2 aromatic carbocycles. The van der Waals surface area contributed by atoms with Crippen molar-refractivity contribution in [3.8, 4) is 11.1 Å². The molecular weight excluding hydrogens is 538 g/mol. The molecule has 0 aliphatic carbocycles. The molecule has 2 aliphatic heterocycles. The van der Waals surface area contributed by atoms with Gasteiger partial charge in [0.15, 0.2) is 0 Å². The Bertz CT molecular complexity index is 1690. The number of anilines is 3. The van der Waals surface area contributed by atoms with Crippen LogP contribution in [0.15, 0.2) is 59.5 Å². The van der Waals surface area contributed by atoms with Gasteiger partial charge in [-0.25, -0.2) is 4.98 Å². The number of aromatic nitrogens is 3. The molecule has 4 aromatic rings. The Morgan fingerprint density at radius 3 is 2.51 bits per heavy atom. The van der Waals surface area contributed by atoms with Gasteiger partial charge in [0, 0.05) is 68.6 Å². The zero-order valence-electron chi connectivity index (χ0n) is 25.6. The molecule has 2 saturated heterocycles. The van der Waals surface area contributed by atoms with Crippen LogP contribution in [0, 0.1) is 13.8 Å². The number of carbonyl (C=O) groups is 1. The number of pyridine rings is 1. The lowest BCUT2D eigenvalue weighted by atomic mass is 9.98. The van der Waals surface area contributed by atoms with Crippen molar-refractivity contribution in [2.45, 2.75) is 46.1 Å². The van der Waals surface area contributed by atoms with E-state index in [0.717, 1.165) is 67.8 Å². The number of rotatable bonds is 6. The standard InChI is InChI=1S/C34H41N7O2/c1-5-30(42)40-15-9-12-27(22-40)41-32-28(24(3)31(33(41)43)25-10-7-6-8-11-25)21-35-34(37-32)36-26-13-14-29(23(2)20-26)39-18-16-38(4)17-19-39/h6-8,10-11,13-14,20-21,27H,5,9,12,15-19,22H2,1-4H3,(H,35,36,37). The summed E-state index contributed by atoms with van der Waals surface area (Å²) in [7, 11) is 2.17. The molecule has 224 valence electrons. The molecule has 9 heteroatoms. The monoisotopic (exact) mass is 579 g/mol. The fourth-order valence-corrected chi connectivity index (χ4v) is 6.56. The average Bonchev–Trinajstić information content (AvgIpc) is 3.02. The lowest BCUT2D eigenvalue weighted by molar-refractivity contribution is -0.132.